The lowest BCUT2D eigenvalue weighted by Gasteiger charge is -2.23. The van der Waals surface area contributed by atoms with Gasteiger partial charge in [0.15, 0.2) is 0 Å². The number of nitrogens with one attached hydrogen (secondary N) is 2. The SMILES string of the molecule is CC(C)CCNC(=O)CNC(=O)C(Cc1ccccc1)CN(C=O)OCc1ccccc1. The Morgan fingerprint density at radius 1 is 0.969 bits per heavy atom. The Morgan fingerprint density at radius 3 is 2.19 bits per heavy atom. The highest BCUT2D eigenvalue weighted by Crippen LogP contribution is 2.12. The number of hydroxylamine groups is 2. The minimum absolute atomic E-state index is 0.0754. The first-order valence-corrected chi connectivity index (χ1v) is 10.9. The Kier molecular flexibility index (Phi) is 11.0. The number of rotatable bonds is 14. The summed E-state index contributed by atoms with van der Waals surface area (Å²) < 4.78 is 0. The summed E-state index contributed by atoms with van der Waals surface area (Å²) in [6.45, 7) is 4.94. The molecule has 2 aromatic carbocycles. The molecule has 0 saturated heterocycles. The molecule has 172 valence electrons. The van der Waals surface area contributed by atoms with E-state index in [0.717, 1.165) is 22.6 Å². The maximum absolute atomic E-state index is 12.9. The standard InChI is InChI=1S/C25H33N3O4/c1-20(2)13-14-26-24(30)16-27-25(31)23(15-21-9-5-3-6-10-21)17-28(19-29)32-18-22-11-7-4-8-12-22/h3-12,19-20,23H,13-18H2,1-2H3,(H,26,30)(H,27,31). The molecule has 0 aromatic heterocycles. The molecule has 3 amide bonds. The number of carbonyl (C=O) groups is 3. The summed E-state index contributed by atoms with van der Waals surface area (Å²) in [5.41, 5.74) is 1.88. The molecule has 0 spiro atoms. The minimum Gasteiger partial charge on any atom is -0.355 e. The van der Waals surface area contributed by atoms with Gasteiger partial charge in [0.2, 0.25) is 18.2 Å². The Labute approximate surface area is 190 Å². The number of hydrogen-bond donors (Lipinski definition) is 2. The first kappa shape index (κ1) is 25.1. The maximum Gasteiger partial charge on any atom is 0.239 e. The van der Waals surface area contributed by atoms with Crippen molar-refractivity contribution >= 4 is 18.2 Å². The third kappa shape index (κ3) is 9.75. The molecule has 2 rings (SSSR count). The second-order valence-corrected chi connectivity index (χ2v) is 8.10. The normalized spacial score (nSPS) is 11.6. The highest BCUT2D eigenvalue weighted by atomic mass is 16.7. The molecule has 1 atom stereocenters. The molecule has 7 heteroatoms. The van der Waals surface area contributed by atoms with Gasteiger partial charge < -0.3 is 10.6 Å². The summed E-state index contributed by atoms with van der Waals surface area (Å²) in [4.78, 5) is 42.1. The Bertz CT molecular complexity index is 828. The van der Waals surface area contributed by atoms with Gasteiger partial charge in [-0.2, -0.15) is 0 Å². The fourth-order valence-electron chi connectivity index (χ4n) is 3.09. The molecule has 2 N–H and O–H groups in total. The molecule has 0 aliphatic rings. The first-order valence-electron chi connectivity index (χ1n) is 10.9. The van der Waals surface area contributed by atoms with Crippen LogP contribution >= 0.6 is 0 Å². The lowest BCUT2D eigenvalue weighted by molar-refractivity contribution is -0.182. The van der Waals surface area contributed by atoms with E-state index in [0.29, 0.717) is 25.3 Å². The number of nitrogens with zero attached hydrogens (tertiary/aromatic N) is 1. The molecular weight excluding hydrogens is 406 g/mol. The van der Waals surface area contributed by atoms with E-state index in [1.54, 1.807) is 0 Å². The number of carbonyl (C=O) groups excluding carboxylic acids is 3. The van der Waals surface area contributed by atoms with Crippen molar-refractivity contribution in [3.8, 4) is 0 Å². The van der Waals surface area contributed by atoms with Crippen LogP contribution < -0.4 is 10.6 Å². The fraction of sp³-hybridized carbons (Fsp3) is 0.400. The molecule has 1 unspecified atom stereocenters. The van der Waals surface area contributed by atoms with Gasteiger partial charge in [0.1, 0.15) is 6.61 Å². The zero-order valence-electron chi connectivity index (χ0n) is 18.8. The molecule has 0 fully saturated rings. The van der Waals surface area contributed by atoms with Gasteiger partial charge in [-0.15, -0.1) is 0 Å². The van der Waals surface area contributed by atoms with Crippen LogP contribution in [-0.4, -0.2) is 42.9 Å². The summed E-state index contributed by atoms with van der Waals surface area (Å²) in [6.07, 6.45) is 1.87. The van der Waals surface area contributed by atoms with Crippen molar-refractivity contribution in [3.05, 3.63) is 71.8 Å². The average molecular weight is 440 g/mol. The van der Waals surface area contributed by atoms with Gasteiger partial charge in [-0.25, -0.2) is 5.06 Å². The summed E-state index contributed by atoms with van der Waals surface area (Å²) in [5.74, 6) is -0.611. The minimum atomic E-state index is -0.568. The summed E-state index contributed by atoms with van der Waals surface area (Å²) in [7, 11) is 0. The summed E-state index contributed by atoms with van der Waals surface area (Å²) in [5, 5.41) is 6.64. The number of benzene rings is 2. The fourth-order valence-corrected chi connectivity index (χ4v) is 3.09. The molecule has 0 aliphatic carbocycles. The zero-order valence-corrected chi connectivity index (χ0v) is 18.8. The van der Waals surface area contributed by atoms with E-state index in [1.807, 2.05) is 60.7 Å². The average Bonchev–Trinajstić information content (AvgIpc) is 2.80. The third-order valence-corrected chi connectivity index (χ3v) is 4.92. The van der Waals surface area contributed by atoms with Crippen LogP contribution in [0, 0.1) is 11.8 Å². The second-order valence-electron chi connectivity index (χ2n) is 8.10. The molecule has 0 radical (unpaired) electrons. The Balaban J connectivity index is 1.95. The van der Waals surface area contributed by atoms with Gasteiger partial charge in [0.25, 0.3) is 0 Å². The molecule has 32 heavy (non-hydrogen) atoms. The van der Waals surface area contributed by atoms with Crippen molar-refractivity contribution < 1.29 is 19.2 Å². The van der Waals surface area contributed by atoms with Crippen molar-refractivity contribution in [2.45, 2.75) is 33.3 Å². The topological polar surface area (TPSA) is 87.7 Å². The van der Waals surface area contributed by atoms with Crippen LogP contribution in [0.3, 0.4) is 0 Å². The van der Waals surface area contributed by atoms with E-state index in [-0.39, 0.29) is 31.5 Å². The van der Waals surface area contributed by atoms with Gasteiger partial charge in [-0.1, -0.05) is 74.5 Å². The Morgan fingerprint density at radius 2 is 1.59 bits per heavy atom. The van der Waals surface area contributed by atoms with Gasteiger partial charge in [-0.3, -0.25) is 19.2 Å². The summed E-state index contributed by atoms with van der Waals surface area (Å²) >= 11 is 0. The van der Waals surface area contributed by atoms with E-state index in [4.69, 9.17) is 4.84 Å². The van der Waals surface area contributed by atoms with Crippen molar-refractivity contribution in [2.75, 3.05) is 19.6 Å². The number of hydrogen-bond acceptors (Lipinski definition) is 4. The molecule has 2 aromatic rings. The monoisotopic (exact) mass is 439 g/mol. The second kappa shape index (κ2) is 14.0. The molecule has 0 aliphatic heterocycles. The predicted octanol–water partition coefficient (Wildman–Crippen LogP) is 2.71. The van der Waals surface area contributed by atoms with Crippen molar-refractivity contribution in [3.63, 3.8) is 0 Å². The van der Waals surface area contributed by atoms with Gasteiger partial charge in [-0.05, 0) is 29.9 Å². The lowest BCUT2D eigenvalue weighted by Crippen LogP contribution is -2.43. The number of amides is 3. The molecule has 0 heterocycles. The van der Waals surface area contributed by atoms with Crippen LogP contribution in [0.2, 0.25) is 0 Å². The molecular formula is C25H33N3O4. The van der Waals surface area contributed by atoms with Gasteiger partial charge >= 0.3 is 0 Å². The third-order valence-electron chi connectivity index (χ3n) is 4.92. The van der Waals surface area contributed by atoms with E-state index in [2.05, 4.69) is 24.5 Å². The van der Waals surface area contributed by atoms with E-state index < -0.39 is 5.92 Å². The first-order chi connectivity index (χ1) is 15.5. The predicted molar refractivity (Wildman–Crippen MR) is 123 cm³/mol. The van der Waals surface area contributed by atoms with Crippen LogP contribution in [0.15, 0.2) is 60.7 Å². The van der Waals surface area contributed by atoms with E-state index in [9.17, 15) is 14.4 Å². The molecule has 0 saturated carbocycles. The van der Waals surface area contributed by atoms with Crippen molar-refractivity contribution in [2.24, 2.45) is 11.8 Å². The van der Waals surface area contributed by atoms with Crippen LogP contribution in [0.5, 0.6) is 0 Å². The Hall–Kier alpha value is -3.19. The quantitative estimate of drug-likeness (QED) is 0.350. The zero-order chi connectivity index (χ0) is 23.2. The van der Waals surface area contributed by atoms with Gasteiger partial charge in [0, 0.05) is 6.54 Å². The van der Waals surface area contributed by atoms with Gasteiger partial charge in [0.05, 0.1) is 19.0 Å². The maximum atomic E-state index is 12.9. The molecule has 7 nitrogen and oxygen atoms in total. The molecule has 0 bridgehead atoms. The van der Waals surface area contributed by atoms with Crippen LogP contribution in [0.1, 0.15) is 31.4 Å². The van der Waals surface area contributed by atoms with Crippen LogP contribution in [-0.2, 0) is 32.2 Å². The van der Waals surface area contributed by atoms with Crippen LogP contribution in [0.4, 0.5) is 0 Å². The van der Waals surface area contributed by atoms with E-state index in [1.165, 1.54) is 0 Å². The highest BCUT2D eigenvalue weighted by molar-refractivity contribution is 5.86. The smallest absolute Gasteiger partial charge is 0.239 e. The van der Waals surface area contributed by atoms with E-state index >= 15 is 0 Å². The van der Waals surface area contributed by atoms with Crippen LogP contribution in [0.25, 0.3) is 0 Å². The lowest BCUT2D eigenvalue weighted by atomic mass is 9.98. The van der Waals surface area contributed by atoms with Crippen molar-refractivity contribution in [1.82, 2.24) is 15.7 Å². The largest absolute Gasteiger partial charge is 0.355 e. The van der Waals surface area contributed by atoms with Crippen molar-refractivity contribution in [1.29, 1.82) is 0 Å². The summed E-state index contributed by atoms with van der Waals surface area (Å²) in [6, 6.07) is 19.0. The highest BCUT2D eigenvalue weighted by Gasteiger charge is 2.23.